The van der Waals surface area contributed by atoms with Crippen LogP contribution in [0.2, 0.25) is 10.0 Å². The Bertz CT molecular complexity index is 803. The standard InChI is InChI=1S/C17H19Cl2N3O3S/c1-17(2,3)22-15(24)13-9-20-16(26-13)21-14(23)6-7-25-12-5-4-10(18)8-11(12)19/h4-5,8-9H,6-7H2,1-3H3,(H,22,24)(H,20,21,23). The van der Waals surface area contributed by atoms with E-state index in [0.717, 1.165) is 11.3 Å². The molecule has 0 atom stereocenters. The zero-order valence-corrected chi connectivity index (χ0v) is 16.9. The van der Waals surface area contributed by atoms with Gasteiger partial charge in [0.05, 0.1) is 24.2 Å². The molecule has 1 heterocycles. The van der Waals surface area contributed by atoms with E-state index in [2.05, 4.69) is 15.6 Å². The second kappa shape index (κ2) is 8.70. The third-order valence-corrected chi connectivity index (χ3v) is 4.39. The molecule has 0 fully saturated rings. The number of benzene rings is 1. The van der Waals surface area contributed by atoms with Crippen molar-refractivity contribution in [3.63, 3.8) is 0 Å². The van der Waals surface area contributed by atoms with Gasteiger partial charge in [-0.3, -0.25) is 9.59 Å². The molecule has 9 heteroatoms. The number of ether oxygens (including phenoxy) is 1. The highest BCUT2D eigenvalue weighted by atomic mass is 35.5. The van der Waals surface area contributed by atoms with E-state index in [1.807, 2.05) is 20.8 Å². The minimum atomic E-state index is -0.342. The largest absolute Gasteiger partial charge is 0.491 e. The molecule has 140 valence electrons. The van der Waals surface area contributed by atoms with E-state index in [9.17, 15) is 9.59 Å². The predicted molar refractivity (Wildman–Crippen MR) is 105 cm³/mol. The van der Waals surface area contributed by atoms with Crippen LogP contribution >= 0.6 is 34.5 Å². The topological polar surface area (TPSA) is 80.3 Å². The maximum atomic E-state index is 12.0. The minimum Gasteiger partial charge on any atom is -0.491 e. The lowest BCUT2D eigenvalue weighted by molar-refractivity contribution is -0.116. The van der Waals surface area contributed by atoms with Crippen molar-refractivity contribution < 1.29 is 14.3 Å². The van der Waals surface area contributed by atoms with Crippen LogP contribution < -0.4 is 15.4 Å². The maximum Gasteiger partial charge on any atom is 0.263 e. The van der Waals surface area contributed by atoms with Crippen LogP contribution in [0.3, 0.4) is 0 Å². The number of anilines is 1. The maximum absolute atomic E-state index is 12.0. The summed E-state index contributed by atoms with van der Waals surface area (Å²) in [6.45, 7) is 5.82. The van der Waals surface area contributed by atoms with Crippen LogP contribution in [0, 0.1) is 0 Å². The highest BCUT2D eigenvalue weighted by molar-refractivity contribution is 7.17. The van der Waals surface area contributed by atoms with Gasteiger partial charge in [0, 0.05) is 10.6 Å². The lowest BCUT2D eigenvalue weighted by Gasteiger charge is -2.19. The number of halogens is 2. The number of amides is 2. The molecule has 2 amide bonds. The van der Waals surface area contributed by atoms with Gasteiger partial charge in [0.15, 0.2) is 5.13 Å². The SMILES string of the molecule is CC(C)(C)NC(=O)c1cnc(NC(=O)CCOc2ccc(Cl)cc2Cl)s1. The van der Waals surface area contributed by atoms with Crippen LogP contribution in [-0.4, -0.2) is 28.9 Å². The first-order chi connectivity index (χ1) is 12.1. The highest BCUT2D eigenvalue weighted by Crippen LogP contribution is 2.27. The van der Waals surface area contributed by atoms with Crippen LogP contribution in [0.1, 0.15) is 36.9 Å². The van der Waals surface area contributed by atoms with Gasteiger partial charge in [0.1, 0.15) is 10.6 Å². The zero-order chi connectivity index (χ0) is 19.3. The fourth-order valence-corrected chi connectivity index (χ4v) is 3.06. The molecular formula is C17H19Cl2N3O3S. The first kappa shape index (κ1) is 20.5. The molecule has 0 spiro atoms. The Morgan fingerprint density at radius 3 is 2.65 bits per heavy atom. The molecule has 1 aromatic carbocycles. The highest BCUT2D eigenvalue weighted by Gasteiger charge is 2.18. The van der Waals surface area contributed by atoms with E-state index in [0.29, 0.717) is 25.8 Å². The molecule has 0 aliphatic heterocycles. The molecule has 1 aromatic heterocycles. The van der Waals surface area contributed by atoms with Gasteiger partial charge in [-0.25, -0.2) is 4.98 Å². The Labute approximate surface area is 165 Å². The number of aromatic nitrogens is 1. The van der Waals surface area contributed by atoms with Gasteiger partial charge < -0.3 is 15.4 Å². The van der Waals surface area contributed by atoms with E-state index in [4.69, 9.17) is 27.9 Å². The van der Waals surface area contributed by atoms with Gasteiger partial charge in [0.2, 0.25) is 5.91 Å². The quantitative estimate of drug-likeness (QED) is 0.732. The number of nitrogens with one attached hydrogen (secondary N) is 2. The fourth-order valence-electron chi connectivity index (χ4n) is 1.87. The van der Waals surface area contributed by atoms with Crippen molar-refractivity contribution in [3.05, 3.63) is 39.3 Å². The van der Waals surface area contributed by atoms with E-state index < -0.39 is 0 Å². The summed E-state index contributed by atoms with van der Waals surface area (Å²) in [7, 11) is 0. The van der Waals surface area contributed by atoms with E-state index in [-0.39, 0.29) is 30.4 Å². The minimum absolute atomic E-state index is 0.113. The molecule has 2 aromatic rings. The first-order valence-corrected chi connectivity index (χ1v) is 9.37. The summed E-state index contributed by atoms with van der Waals surface area (Å²) in [6, 6.07) is 4.87. The summed E-state index contributed by atoms with van der Waals surface area (Å²) in [4.78, 5) is 28.5. The molecule has 26 heavy (non-hydrogen) atoms. The lowest BCUT2D eigenvalue weighted by atomic mass is 10.1. The van der Waals surface area contributed by atoms with Gasteiger partial charge in [-0.1, -0.05) is 34.5 Å². The van der Waals surface area contributed by atoms with Crippen molar-refractivity contribution in [2.75, 3.05) is 11.9 Å². The number of hydrogen-bond acceptors (Lipinski definition) is 5. The average Bonchev–Trinajstić information content (AvgIpc) is 2.96. The zero-order valence-electron chi connectivity index (χ0n) is 14.6. The van der Waals surface area contributed by atoms with E-state index in [1.54, 1.807) is 18.2 Å². The Hall–Kier alpha value is -1.83. The number of rotatable bonds is 6. The Kier molecular flexibility index (Phi) is 6.86. The summed E-state index contributed by atoms with van der Waals surface area (Å²) in [6.07, 6.45) is 1.55. The van der Waals surface area contributed by atoms with Crippen molar-refractivity contribution in [1.82, 2.24) is 10.3 Å². The summed E-state index contributed by atoms with van der Waals surface area (Å²) in [5.41, 5.74) is -0.342. The van der Waals surface area contributed by atoms with E-state index in [1.165, 1.54) is 6.20 Å². The monoisotopic (exact) mass is 415 g/mol. The van der Waals surface area contributed by atoms with Crippen molar-refractivity contribution in [3.8, 4) is 5.75 Å². The van der Waals surface area contributed by atoms with Gasteiger partial charge in [-0.15, -0.1) is 0 Å². The molecule has 0 saturated carbocycles. The number of thiazole rings is 1. The molecule has 0 saturated heterocycles. The molecular weight excluding hydrogens is 397 g/mol. The predicted octanol–water partition coefficient (Wildman–Crippen LogP) is 4.39. The van der Waals surface area contributed by atoms with Crippen LogP contribution in [0.15, 0.2) is 24.4 Å². The third kappa shape index (κ3) is 6.48. The van der Waals surface area contributed by atoms with Crippen LogP contribution in [0.4, 0.5) is 5.13 Å². The summed E-state index contributed by atoms with van der Waals surface area (Å²) < 4.78 is 5.47. The summed E-state index contributed by atoms with van der Waals surface area (Å²) in [5.74, 6) is -0.0392. The third-order valence-electron chi connectivity index (χ3n) is 2.94. The van der Waals surface area contributed by atoms with Crippen LogP contribution in [0.25, 0.3) is 0 Å². The smallest absolute Gasteiger partial charge is 0.263 e. The normalized spacial score (nSPS) is 11.1. The Morgan fingerprint density at radius 2 is 2.00 bits per heavy atom. The second-order valence-electron chi connectivity index (χ2n) is 6.46. The molecule has 0 unspecified atom stereocenters. The molecule has 0 radical (unpaired) electrons. The molecule has 6 nitrogen and oxygen atoms in total. The molecule has 2 rings (SSSR count). The Morgan fingerprint density at radius 1 is 1.27 bits per heavy atom. The number of carbonyl (C=O) groups is 2. The van der Waals surface area contributed by atoms with Gasteiger partial charge >= 0.3 is 0 Å². The van der Waals surface area contributed by atoms with Crippen molar-refractivity contribution in [2.24, 2.45) is 0 Å². The summed E-state index contributed by atoms with van der Waals surface area (Å²) in [5, 5.41) is 6.74. The molecule has 2 N–H and O–H groups in total. The summed E-state index contributed by atoms with van der Waals surface area (Å²) >= 11 is 12.9. The fraction of sp³-hybridized carbons (Fsp3) is 0.353. The van der Waals surface area contributed by atoms with Gasteiger partial charge in [0.25, 0.3) is 5.91 Å². The lowest BCUT2D eigenvalue weighted by Crippen LogP contribution is -2.40. The van der Waals surface area contributed by atoms with Crippen LogP contribution in [0.5, 0.6) is 5.75 Å². The molecule has 0 aliphatic rings. The van der Waals surface area contributed by atoms with Crippen molar-refractivity contribution >= 4 is 51.5 Å². The van der Waals surface area contributed by atoms with Crippen LogP contribution in [-0.2, 0) is 4.79 Å². The number of carbonyl (C=O) groups excluding carboxylic acids is 2. The van der Waals surface area contributed by atoms with Crippen molar-refractivity contribution in [1.29, 1.82) is 0 Å². The second-order valence-corrected chi connectivity index (χ2v) is 8.33. The first-order valence-electron chi connectivity index (χ1n) is 7.80. The molecule has 0 bridgehead atoms. The average molecular weight is 416 g/mol. The number of nitrogens with zero attached hydrogens (tertiary/aromatic N) is 1. The molecule has 0 aliphatic carbocycles. The van der Waals surface area contributed by atoms with Gasteiger partial charge in [-0.05, 0) is 39.0 Å². The Balaban J connectivity index is 1.82. The number of hydrogen-bond donors (Lipinski definition) is 2. The van der Waals surface area contributed by atoms with E-state index >= 15 is 0 Å². The van der Waals surface area contributed by atoms with Gasteiger partial charge in [-0.2, -0.15) is 0 Å². The van der Waals surface area contributed by atoms with Crippen molar-refractivity contribution in [2.45, 2.75) is 32.7 Å².